The van der Waals surface area contributed by atoms with Crippen LogP contribution < -0.4 is 5.73 Å². The second-order valence-electron chi connectivity index (χ2n) is 5.20. The minimum absolute atomic E-state index is 0.194. The molecule has 0 aromatic carbocycles. The Balaban J connectivity index is 2.30. The maximum Gasteiger partial charge on any atom is 0.0237 e. The van der Waals surface area contributed by atoms with Gasteiger partial charge in [0.05, 0.1) is 0 Å². The van der Waals surface area contributed by atoms with Crippen molar-refractivity contribution in [3.63, 3.8) is 0 Å². The summed E-state index contributed by atoms with van der Waals surface area (Å²) in [5.74, 6) is 3.19. The predicted molar refractivity (Wildman–Crippen MR) is 51.8 cm³/mol. The Hall–Kier alpha value is -0.0400. The number of hydrogen-bond donors (Lipinski definition) is 1. The van der Waals surface area contributed by atoms with E-state index in [9.17, 15) is 0 Å². The number of fused-ring (bicyclic) bond motifs is 1. The van der Waals surface area contributed by atoms with Gasteiger partial charge >= 0.3 is 0 Å². The number of hydrogen-bond acceptors (Lipinski definition) is 1. The molecule has 5 atom stereocenters. The van der Waals surface area contributed by atoms with Gasteiger partial charge in [-0.05, 0) is 42.9 Å². The lowest BCUT2D eigenvalue weighted by atomic mass is 9.78. The van der Waals surface area contributed by atoms with Crippen LogP contribution in [0.4, 0.5) is 0 Å². The molecule has 2 fully saturated rings. The van der Waals surface area contributed by atoms with Crippen LogP contribution in [-0.2, 0) is 0 Å². The van der Waals surface area contributed by atoms with E-state index in [0.29, 0.717) is 0 Å². The Morgan fingerprint density at radius 1 is 1.08 bits per heavy atom. The van der Waals surface area contributed by atoms with Crippen LogP contribution in [0.3, 0.4) is 0 Å². The summed E-state index contributed by atoms with van der Waals surface area (Å²) in [4.78, 5) is 0. The molecule has 0 bridgehead atoms. The monoisotopic (exact) mass is 167 g/mol. The van der Waals surface area contributed by atoms with Gasteiger partial charge in [0.15, 0.2) is 0 Å². The van der Waals surface area contributed by atoms with Crippen LogP contribution in [0.1, 0.15) is 40.0 Å². The standard InChI is InChI=1S/C11H21N/c1-7-6-9(3)11(12)8(2)4-5-10(7)11/h7-10H,4-6,12H2,1-3H3. The second kappa shape index (κ2) is 2.47. The van der Waals surface area contributed by atoms with Gasteiger partial charge in [-0.3, -0.25) is 0 Å². The first-order valence-corrected chi connectivity index (χ1v) is 5.35. The van der Waals surface area contributed by atoms with Gasteiger partial charge in [-0.25, -0.2) is 0 Å². The molecule has 0 radical (unpaired) electrons. The minimum atomic E-state index is 0.194. The summed E-state index contributed by atoms with van der Waals surface area (Å²) in [5.41, 5.74) is 6.74. The molecule has 0 aliphatic heterocycles. The van der Waals surface area contributed by atoms with E-state index in [1.165, 1.54) is 19.3 Å². The third kappa shape index (κ3) is 0.834. The highest BCUT2D eigenvalue weighted by Gasteiger charge is 2.54. The van der Waals surface area contributed by atoms with E-state index in [1.807, 2.05) is 0 Å². The van der Waals surface area contributed by atoms with E-state index in [4.69, 9.17) is 5.73 Å². The summed E-state index contributed by atoms with van der Waals surface area (Å²) in [5, 5.41) is 0. The van der Waals surface area contributed by atoms with Crippen molar-refractivity contribution in [2.45, 2.75) is 45.6 Å². The largest absolute Gasteiger partial charge is 0.324 e. The smallest absolute Gasteiger partial charge is 0.0237 e. The van der Waals surface area contributed by atoms with Crippen molar-refractivity contribution in [1.82, 2.24) is 0 Å². The summed E-state index contributed by atoms with van der Waals surface area (Å²) in [7, 11) is 0. The fraction of sp³-hybridized carbons (Fsp3) is 1.00. The summed E-state index contributed by atoms with van der Waals surface area (Å²) in [6, 6.07) is 0. The SMILES string of the molecule is CC1CC(C)C2(N)C(C)CCC12. The highest BCUT2D eigenvalue weighted by molar-refractivity contribution is 5.10. The maximum atomic E-state index is 6.54. The van der Waals surface area contributed by atoms with Crippen LogP contribution in [0.25, 0.3) is 0 Å². The fourth-order valence-corrected chi connectivity index (χ4v) is 3.85. The quantitative estimate of drug-likeness (QED) is 0.589. The normalized spacial score (nSPS) is 59.0. The zero-order chi connectivity index (χ0) is 8.93. The lowest BCUT2D eigenvalue weighted by molar-refractivity contribution is 0.225. The zero-order valence-electron chi connectivity index (χ0n) is 8.51. The Morgan fingerprint density at radius 3 is 2.33 bits per heavy atom. The second-order valence-corrected chi connectivity index (χ2v) is 5.20. The van der Waals surface area contributed by atoms with Gasteiger partial charge < -0.3 is 5.73 Å². The average molecular weight is 167 g/mol. The number of nitrogens with two attached hydrogens (primary N) is 1. The topological polar surface area (TPSA) is 26.0 Å². The van der Waals surface area contributed by atoms with Crippen LogP contribution in [-0.4, -0.2) is 5.54 Å². The van der Waals surface area contributed by atoms with Crippen molar-refractivity contribution in [2.75, 3.05) is 0 Å². The molecule has 0 heterocycles. The van der Waals surface area contributed by atoms with Gasteiger partial charge in [-0.1, -0.05) is 20.8 Å². The fourth-order valence-electron chi connectivity index (χ4n) is 3.85. The summed E-state index contributed by atoms with van der Waals surface area (Å²) in [6.45, 7) is 7.07. The molecule has 2 aliphatic carbocycles. The first-order chi connectivity index (χ1) is 5.56. The summed E-state index contributed by atoms with van der Waals surface area (Å²) >= 11 is 0. The average Bonchev–Trinajstić information content (AvgIpc) is 2.39. The summed E-state index contributed by atoms with van der Waals surface area (Å²) in [6.07, 6.45) is 4.09. The third-order valence-corrected chi connectivity index (χ3v) is 4.67. The van der Waals surface area contributed by atoms with Crippen molar-refractivity contribution in [2.24, 2.45) is 29.4 Å². The molecule has 0 spiro atoms. The molecule has 12 heavy (non-hydrogen) atoms. The highest BCUT2D eigenvalue weighted by atomic mass is 14.9. The van der Waals surface area contributed by atoms with Gasteiger partial charge in [-0.15, -0.1) is 0 Å². The van der Waals surface area contributed by atoms with E-state index >= 15 is 0 Å². The number of rotatable bonds is 0. The van der Waals surface area contributed by atoms with Crippen LogP contribution in [0, 0.1) is 23.7 Å². The minimum Gasteiger partial charge on any atom is -0.324 e. The van der Waals surface area contributed by atoms with Gasteiger partial charge in [-0.2, -0.15) is 0 Å². The van der Waals surface area contributed by atoms with Gasteiger partial charge in [0, 0.05) is 5.54 Å². The predicted octanol–water partition coefficient (Wildman–Crippen LogP) is 2.41. The van der Waals surface area contributed by atoms with E-state index in [-0.39, 0.29) is 5.54 Å². The van der Waals surface area contributed by atoms with Crippen molar-refractivity contribution >= 4 is 0 Å². The van der Waals surface area contributed by atoms with Crippen molar-refractivity contribution in [3.05, 3.63) is 0 Å². The molecule has 2 N–H and O–H groups in total. The van der Waals surface area contributed by atoms with Crippen LogP contribution in [0.15, 0.2) is 0 Å². The van der Waals surface area contributed by atoms with E-state index < -0.39 is 0 Å². The van der Waals surface area contributed by atoms with Crippen molar-refractivity contribution in [3.8, 4) is 0 Å². The molecule has 1 nitrogen and oxygen atoms in total. The molecule has 0 aromatic rings. The third-order valence-electron chi connectivity index (χ3n) is 4.67. The van der Waals surface area contributed by atoms with E-state index in [2.05, 4.69) is 20.8 Å². The van der Waals surface area contributed by atoms with E-state index in [0.717, 1.165) is 23.7 Å². The molecule has 0 saturated heterocycles. The first kappa shape index (κ1) is 8.55. The first-order valence-electron chi connectivity index (χ1n) is 5.35. The maximum absolute atomic E-state index is 6.54. The molecule has 2 rings (SSSR count). The molecule has 1 heteroatoms. The molecule has 70 valence electrons. The Bertz CT molecular complexity index is 189. The molecular formula is C11H21N. The van der Waals surface area contributed by atoms with Gasteiger partial charge in [0.25, 0.3) is 0 Å². The summed E-state index contributed by atoms with van der Waals surface area (Å²) < 4.78 is 0. The van der Waals surface area contributed by atoms with E-state index in [1.54, 1.807) is 0 Å². The molecule has 5 unspecified atom stereocenters. The molecule has 2 aliphatic rings. The molecular weight excluding hydrogens is 146 g/mol. The molecule has 2 saturated carbocycles. The lowest BCUT2D eigenvalue weighted by Crippen LogP contribution is -2.49. The Kier molecular flexibility index (Phi) is 1.76. The molecule has 0 amide bonds. The van der Waals surface area contributed by atoms with Crippen LogP contribution in [0.5, 0.6) is 0 Å². The van der Waals surface area contributed by atoms with Gasteiger partial charge in [0.1, 0.15) is 0 Å². The Morgan fingerprint density at radius 2 is 1.75 bits per heavy atom. The van der Waals surface area contributed by atoms with Crippen LogP contribution in [0.2, 0.25) is 0 Å². The Labute approximate surface area is 75.7 Å². The zero-order valence-corrected chi connectivity index (χ0v) is 8.51. The van der Waals surface area contributed by atoms with Crippen molar-refractivity contribution < 1.29 is 0 Å². The van der Waals surface area contributed by atoms with Gasteiger partial charge in [0.2, 0.25) is 0 Å². The van der Waals surface area contributed by atoms with Crippen molar-refractivity contribution in [1.29, 1.82) is 0 Å². The molecule has 0 aromatic heterocycles. The lowest BCUT2D eigenvalue weighted by Gasteiger charge is -2.34. The van der Waals surface area contributed by atoms with Crippen LogP contribution >= 0.6 is 0 Å². The highest BCUT2D eigenvalue weighted by Crippen LogP contribution is 2.54.